The molecule has 0 atom stereocenters. The summed E-state index contributed by atoms with van der Waals surface area (Å²) in [6.45, 7) is 0.308. The molecule has 0 saturated carbocycles. The number of aromatic nitrogens is 2. The van der Waals surface area contributed by atoms with E-state index in [1.54, 1.807) is 30.3 Å². The SMILES string of the molecule is COc1cc(/C=C/c2[nH]c(=O)[nH]c(=O)c2[N+](=O)[O-])ccc1OCc1ccc(Cl)cc1. The Morgan fingerprint density at radius 2 is 1.80 bits per heavy atom. The highest BCUT2D eigenvalue weighted by Crippen LogP contribution is 2.29. The van der Waals surface area contributed by atoms with Crippen molar-refractivity contribution in [3.8, 4) is 11.5 Å². The molecule has 2 N–H and O–H groups in total. The van der Waals surface area contributed by atoms with Gasteiger partial charge in [-0.3, -0.25) is 19.9 Å². The maximum absolute atomic E-state index is 11.7. The number of methoxy groups -OCH3 is 1. The molecule has 0 unspecified atom stereocenters. The van der Waals surface area contributed by atoms with E-state index in [1.807, 2.05) is 17.1 Å². The Morgan fingerprint density at radius 3 is 2.47 bits per heavy atom. The van der Waals surface area contributed by atoms with Gasteiger partial charge >= 0.3 is 16.9 Å². The molecule has 154 valence electrons. The fourth-order valence-electron chi connectivity index (χ4n) is 2.63. The summed E-state index contributed by atoms with van der Waals surface area (Å²) in [5.41, 5.74) is -1.34. The van der Waals surface area contributed by atoms with Gasteiger partial charge in [-0.2, -0.15) is 0 Å². The van der Waals surface area contributed by atoms with Crippen LogP contribution in [-0.2, 0) is 6.61 Å². The highest BCUT2D eigenvalue weighted by molar-refractivity contribution is 6.30. The van der Waals surface area contributed by atoms with Crippen LogP contribution in [0, 0.1) is 10.1 Å². The first-order chi connectivity index (χ1) is 14.4. The maximum Gasteiger partial charge on any atom is 0.357 e. The third-order valence-corrected chi connectivity index (χ3v) is 4.32. The molecule has 0 aliphatic heterocycles. The van der Waals surface area contributed by atoms with Crippen molar-refractivity contribution in [2.75, 3.05) is 7.11 Å². The van der Waals surface area contributed by atoms with Crippen LogP contribution in [-0.4, -0.2) is 22.0 Å². The van der Waals surface area contributed by atoms with Crippen LogP contribution in [0.3, 0.4) is 0 Å². The van der Waals surface area contributed by atoms with Gasteiger partial charge in [-0.25, -0.2) is 4.79 Å². The fraction of sp³-hybridized carbons (Fsp3) is 0.100. The summed E-state index contributed by atoms with van der Waals surface area (Å²) in [5, 5.41) is 11.7. The maximum atomic E-state index is 11.7. The van der Waals surface area contributed by atoms with Crippen LogP contribution >= 0.6 is 11.6 Å². The predicted molar refractivity (Wildman–Crippen MR) is 112 cm³/mol. The van der Waals surface area contributed by atoms with E-state index in [2.05, 4.69) is 4.98 Å². The van der Waals surface area contributed by atoms with E-state index in [0.29, 0.717) is 28.7 Å². The second-order valence-electron chi connectivity index (χ2n) is 6.09. The summed E-state index contributed by atoms with van der Waals surface area (Å²) in [6, 6.07) is 12.3. The third kappa shape index (κ3) is 4.95. The smallest absolute Gasteiger partial charge is 0.357 e. The lowest BCUT2D eigenvalue weighted by molar-refractivity contribution is -0.386. The van der Waals surface area contributed by atoms with E-state index in [-0.39, 0.29) is 5.69 Å². The van der Waals surface area contributed by atoms with Crippen LogP contribution in [0.15, 0.2) is 52.1 Å². The minimum absolute atomic E-state index is 0.212. The van der Waals surface area contributed by atoms with Gasteiger partial charge in [0.05, 0.1) is 12.0 Å². The molecule has 3 rings (SSSR count). The number of H-pyrrole nitrogens is 2. The molecule has 0 saturated heterocycles. The van der Waals surface area contributed by atoms with Crippen molar-refractivity contribution in [1.82, 2.24) is 9.97 Å². The van der Waals surface area contributed by atoms with Gasteiger partial charge in [-0.1, -0.05) is 35.9 Å². The topological polar surface area (TPSA) is 127 Å². The van der Waals surface area contributed by atoms with Crippen LogP contribution in [0.4, 0.5) is 5.69 Å². The zero-order valence-electron chi connectivity index (χ0n) is 15.7. The van der Waals surface area contributed by atoms with Gasteiger partial charge in [0.1, 0.15) is 12.3 Å². The van der Waals surface area contributed by atoms with Gasteiger partial charge in [-0.05, 0) is 41.5 Å². The Kier molecular flexibility index (Phi) is 6.33. The third-order valence-electron chi connectivity index (χ3n) is 4.07. The molecule has 0 aliphatic carbocycles. The number of aromatic amines is 2. The summed E-state index contributed by atoms with van der Waals surface area (Å²) >= 11 is 5.87. The van der Waals surface area contributed by atoms with Crippen molar-refractivity contribution >= 4 is 29.4 Å². The average molecular weight is 430 g/mol. The van der Waals surface area contributed by atoms with Crippen molar-refractivity contribution in [2.45, 2.75) is 6.61 Å². The molecule has 2 aromatic carbocycles. The highest BCUT2D eigenvalue weighted by Gasteiger charge is 2.18. The van der Waals surface area contributed by atoms with Crippen LogP contribution in [0.1, 0.15) is 16.8 Å². The molecule has 0 bridgehead atoms. The standard InChI is InChI=1S/C20H16ClN3O6/c1-29-17-10-12(4-8-15-18(24(27)28)19(25)23-20(26)22-15)5-9-16(17)30-11-13-2-6-14(21)7-3-13/h2-10H,11H2,1H3,(H2,22,23,25,26)/b8-4+. The number of halogens is 1. The Labute approximate surface area is 174 Å². The van der Waals surface area contributed by atoms with Gasteiger partial charge in [0.2, 0.25) is 0 Å². The monoisotopic (exact) mass is 429 g/mol. The zero-order chi connectivity index (χ0) is 21.7. The Hall–Kier alpha value is -3.85. The van der Waals surface area contributed by atoms with Gasteiger partial charge in [0.15, 0.2) is 11.5 Å². The molecule has 0 amide bonds. The number of hydrogen-bond donors (Lipinski definition) is 2. The molecule has 0 aliphatic rings. The summed E-state index contributed by atoms with van der Waals surface area (Å²) in [4.78, 5) is 37.4. The minimum atomic E-state index is -1.08. The molecule has 9 nitrogen and oxygen atoms in total. The van der Waals surface area contributed by atoms with E-state index in [4.69, 9.17) is 21.1 Å². The van der Waals surface area contributed by atoms with Crippen molar-refractivity contribution in [2.24, 2.45) is 0 Å². The molecule has 1 heterocycles. The van der Waals surface area contributed by atoms with E-state index < -0.39 is 21.9 Å². The molecular formula is C20H16ClN3O6. The van der Waals surface area contributed by atoms with Crippen LogP contribution in [0.5, 0.6) is 11.5 Å². The number of hydrogen-bond acceptors (Lipinski definition) is 6. The number of ether oxygens (including phenoxy) is 2. The number of nitrogens with zero attached hydrogens (tertiary/aromatic N) is 1. The van der Waals surface area contributed by atoms with E-state index in [1.165, 1.54) is 19.3 Å². The van der Waals surface area contributed by atoms with Crippen molar-refractivity contribution in [3.63, 3.8) is 0 Å². The van der Waals surface area contributed by atoms with Crippen molar-refractivity contribution in [3.05, 3.63) is 95.3 Å². The number of rotatable bonds is 7. The zero-order valence-corrected chi connectivity index (χ0v) is 16.4. The molecular weight excluding hydrogens is 414 g/mol. The summed E-state index contributed by atoms with van der Waals surface area (Å²) in [7, 11) is 1.48. The molecule has 1 aromatic heterocycles. The molecule has 0 spiro atoms. The van der Waals surface area contributed by atoms with Gasteiger partial charge in [0.25, 0.3) is 0 Å². The second-order valence-corrected chi connectivity index (χ2v) is 6.52. The highest BCUT2D eigenvalue weighted by atomic mass is 35.5. The summed E-state index contributed by atoms with van der Waals surface area (Å²) in [6.07, 6.45) is 2.78. The van der Waals surface area contributed by atoms with E-state index in [0.717, 1.165) is 5.56 Å². The molecule has 3 aromatic rings. The lowest BCUT2D eigenvalue weighted by Gasteiger charge is -2.11. The first-order valence-electron chi connectivity index (χ1n) is 8.61. The minimum Gasteiger partial charge on any atom is -0.493 e. The van der Waals surface area contributed by atoms with Crippen LogP contribution in [0.2, 0.25) is 5.02 Å². The average Bonchev–Trinajstić information content (AvgIpc) is 2.71. The van der Waals surface area contributed by atoms with Gasteiger partial charge < -0.3 is 14.5 Å². The summed E-state index contributed by atoms with van der Waals surface area (Å²) in [5.74, 6) is 0.945. The number of nitro groups is 1. The largest absolute Gasteiger partial charge is 0.493 e. The fourth-order valence-corrected chi connectivity index (χ4v) is 2.75. The lowest BCUT2D eigenvalue weighted by atomic mass is 10.1. The normalized spacial score (nSPS) is 10.9. The molecule has 0 fully saturated rings. The quantitative estimate of drug-likeness (QED) is 0.437. The Morgan fingerprint density at radius 1 is 1.07 bits per heavy atom. The van der Waals surface area contributed by atoms with Crippen molar-refractivity contribution in [1.29, 1.82) is 0 Å². The van der Waals surface area contributed by atoms with Crippen molar-refractivity contribution < 1.29 is 14.4 Å². The van der Waals surface area contributed by atoms with E-state index >= 15 is 0 Å². The first-order valence-corrected chi connectivity index (χ1v) is 8.99. The van der Waals surface area contributed by atoms with Crippen LogP contribution in [0.25, 0.3) is 12.2 Å². The number of nitrogens with one attached hydrogen (secondary N) is 2. The number of benzene rings is 2. The van der Waals surface area contributed by atoms with Crippen LogP contribution < -0.4 is 20.7 Å². The molecule has 30 heavy (non-hydrogen) atoms. The second kappa shape index (κ2) is 9.10. The molecule has 10 heteroatoms. The van der Waals surface area contributed by atoms with E-state index in [9.17, 15) is 19.7 Å². The molecule has 0 radical (unpaired) electrons. The first kappa shape index (κ1) is 20.9. The lowest BCUT2D eigenvalue weighted by Crippen LogP contribution is -2.25. The van der Waals surface area contributed by atoms with Gasteiger partial charge in [-0.15, -0.1) is 0 Å². The van der Waals surface area contributed by atoms with Gasteiger partial charge in [0, 0.05) is 5.02 Å². The summed E-state index contributed by atoms with van der Waals surface area (Å²) < 4.78 is 11.1. The Balaban J connectivity index is 1.83. The Bertz CT molecular complexity index is 1210. The predicted octanol–water partition coefficient (Wildman–Crippen LogP) is 3.38.